The normalized spacial score (nSPS) is 21.6. The summed E-state index contributed by atoms with van der Waals surface area (Å²) >= 11 is 0. The molecule has 2 saturated heterocycles. The largest absolute Gasteiger partial charge is 0.335 e. The third kappa shape index (κ3) is 1.87. The van der Waals surface area contributed by atoms with Crippen LogP contribution in [0.1, 0.15) is 18.5 Å². The Labute approximate surface area is 116 Å². The van der Waals surface area contributed by atoms with Gasteiger partial charge in [-0.1, -0.05) is 0 Å². The first-order valence-electron chi connectivity index (χ1n) is 6.58. The zero-order valence-corrected chi connectivity index (χ0v) is 11.5. The highest BCUT2D eigenvalue weighted by Crippen LogP contribution is 2.30. The maximum Gasteiger partial charge on any atom is 0.318 e. The van der Waals surface area contributed by atoms with E-state index in [9.17, 15) is 9.59 Å². The summed E-state index contributed by atoms with van der Waals surface area (Å²) in [4.78, 5) is 27.0. The van der Waals surface area contributed by atoms with Crippen LogP contribution in [0, 0.1) is 0 Å². The van der Waals surface area contributed by atoms with Crippen molar-refractivity contribution in [1.29, 1.82) is 0 Å². The predicted molar refractivity (Wildman–Crippen MR) is 71.0 cm³/mol. The Bertz CT molecular complexity index is 522. The van der Waals surface area contributed by atoms with Gasteiger partial charge in [0, 0.05) is 38.4 Å². The first kappa shape index (κ1) is 12.8. The Morgan fingerprint density at radius 2 is 2.30 bits per heavy atom. The fourth-order valence-corrected chi connectivity index (χ4v) is 2.68. The molecule has 3 rings (SSSR count). The molecular weight excluding hydrogens is 260 g/mol. The summed E-state index contributed by atoms with van der Waals surface area (Å²) in [6.45, 7) is 3.63. The van der Waals surface area contributed by atoms with Crippen LogP contribution in [0.4, 0.5) is 9.59 Å². The smallest absolute Gasteiger partial charge is 0.318 e. The van der Waals surface area contributed by atoms with Gasteiger partial charge in [0.2, 0.25) is 0 Å². The molecule has 8 heteroatoms. The van der Waals surface area contributed by atoms with Crippen LogP contribution >= 0.6 is 0 Å². The van der Waals surface area contributed by atoms with Crippen LogP contribution in [0.5, 0.6) is 0 Å². The van der Waals surface area contributed by atoms with E-state index < -0.39 is 0 Å². The van der Waals surface area contributed by atoms with Gasteiger partial charge < -0.3 is 20.4 Å². The van der Waals surface area contributed by atoms with Gasteiger partial charge in [-0.3, -0.25) is 5.10 Å². The zero-order chi connectivity index (χ0) is 14.3. The lowest BCUT2D eigenvalue weighted by molar-refractivity contribution is 0.0302. The van der Waals surface area contributed by atoms with Crippen LogP contribution in [0.25, 0.3) is 0 Å². The monoisotopic (exact) mass is 278 g/mol. The molecular formula is C12H18N6O2. The average molecular weight is 278 g/mol. The standard InChI is InChI=1S/C12H18N6O2/c1-8(9-3-14-15-4-9)16-11(20)18-6-12(7-18)5-13-10(19)17(12)2/h3-4,8H,5-7H2,1-2H3,(H,13,19)(H,14,15)(H,16,20). The number of likely N-dealkylation sites (tertiary alicyclic amines) is 1. The van der Waals surface area contributed by atoms with Crippen LogP contribution in [-0.4, -0.2) is 64.3 Å². The number of nitrogens with one attached hydrogen (secondary N) is 3. The van der Waals surface area contributed by atoms with E-state index in [1.807, 2.05) is 6.92 Å². The van der Waals surface area contributed by atoms with Gasteiger partial charge in [0.15, 0.2) is 0 Å². The SMILES string of the molecule is CC(NC(=O)N1CC2(CNC(=O)N2C)C1)c1cn[nH]c1. The van der Waals surface area contributed by atoms with Crippen molar-refractivity contribution in [2.24, 2.45) is 0 Å². The molecule has 3 N–H and O–H groups in total. The fourth-order valence-electron chi connectivity index (χ4n) is 2.68. The molecule has 1 spiro atoms. The number of H-pyrrole nitrogens is 1. The highest BCUT2D eigenvalue weighted by molar-refractivity contribution is 5.81. The van der Waals surface area contributed by atoms with Crippen LogP contribution in [-0.2, 0) is 0 Å². The lowest BCUT2D eigenvalue weighted by atomic mass is 9.90. The van der Waals surface area contributed by atoms with Crippen molar-refractivity contribution in [3.63, 3.8) is 0 Å². The van der Waals surface area contributed by atoms with E-state index in [0.717, 1.165) is 5.56 Å². The van der Waals surface area contributed by atoms with Gasteiger partial charge in [-0.05, 0) is 6.92 Å². The van der Waals surface area contributed by atoms with Gasteiger partial charge >= 0.3 is 12.1 Å². The van der Waals surface area contributed by atoms with Gasteiger partial charge in [-0.2, -0.15) is 5.10 Å². The van der Waals surface area contributed by atoms with Crippen molar-refractivity contribution in [1.82, 2.24) is 30.6 Å². The summed E-state index contributed by atoms with van der Waals surface area (Å²) < 4.78 is 0. The lowest BCUT2D eigenvalue weighted by Crippen LogP contribution is -2.71. The van der Waals surface area contributed by atoms with Crippen LogP contribution in [0.2, 0.25) is 0 Å². The molecule has 20 heavy (non-hydrogen) atoms. The van der Waals surface area contributed by atoms with E-state index in [2.05, 4.69) is 20.8 Å². The molecule has 1 aromatic rings. The number of rotatable bonds is 2. The third-order valence-electron chi connectivity index (χ3n) is 4.20. The molecule has 2 aliphatic heterocycles. The molecule has 2 aliphatic rings. The third-order valence-corrected chi connectivity index (χ3v) is 4.20. The first-order valence-corrected chi connectivity index (χ1v) is 6.58. The summed E-state index contributed by atoms with van der Waals surface area (Å²) in [7, 11) is 1.77. The molecule has 0 aromatic carbocycles. The van der Waals surface area contributed by atoms with Crippen molar-refractivity contribution < 1.29 is 9.59 Å². The number of nitrogens with zero attached hydrogens (tertiary/aromatic N) is 3. The second-order valence-corrected chi connectivity index (χ2v) is 5.50. The number of aromatic nitrogens is 2. The Morgan fingerprint density at radius 3 is 2.85 bits per heavy atom. The van der Waals surface area contributed by atoms with E-state index in [0.29, 0.717) is 19.6 Å². The molecule has 108 valence electrons. The topological polar surface area (TPSA) is 93.4 Å². The maximum atomic E-state index is 12.1. The summed E-state index contributed by atoms with van der Waals surface area (Å²) in [5.41, 5.74) is 0.705. The van der Waals surface area contributed by atoms with Crippen LogP contribution in [0.15, 0.2) is 12.4 Å². The van der Waals surface area contributed by atoms with Crippen molar-refractivity contribution >= 4 is 12.1 Å². The summed E-state index contributed by atoms with van der Waals surface area (Å²) in [5, 5.41) is 12.3. The van der Waals surface area contributed by atoms with Crippen molar-refractivity contribution in [2.75, 3.05) is 26.7 Å². The van der Waals surface area contributed by atoms with E-state index in [4.69, 9.17) is 0 Å². The lowest BCUT2D eigenvalue weighted by Gasteiger charge is -2.50. The fraction of sp³-hybridized carbons (Fsp3) is 0.583. The molecule has 0 aliphatic carbocycles. The maximum absolute atomic E-state index is 12.1. The quantitative estimate of drug-likeness (QED) is 0.704. The molecule has 4 amide bonds. The first-order chi connectivity index (χ1) is 9.52. The number of hydrogen-bond acceptors (Lipinski definition) is 3. The van der Waals surface area contributed by atoms with Gasteiger partial charge in [0.1, 0.15) is 0 Å². The van der Waals surface area contributed by atoms with E-state index in [1.165, 1.54) is 0 Å². The Kier molecular flexibility index (Phi) is 2.81. The van der Waals surface area contributed by atoms with Gasteiger partial charge in [0.05, 0.1) is 17.8 Å². The Morgan fingerprint density at radius 1 is 1.55 bits per heavy atom. The van der Waals surface area contributed by atoms with Gasteiger partial charge in [-0.15, -0.1) is 0 Å². The molecule has 0 radical (unpaired) electrons. The Hall–Kier alpha value is -2.25. The molecule has 0 saturated carbocycles. The van der Waals surface area contributed by atoms with Crippen molar-refractivity contribution in [3.05, 3.63) is 18.0 Å². The number of aromatic amines is 1. The Balaban J connectivity index is 1.55. The molecule has 2 fully saturated rings. The molecule has 0 bridgehead atoms. The molecule has 1 aromatic heterocycles. The molecule has 8 nitrogen and oxygen atoms in total. The minimum absolute atomic E-state index is 0.0724. The second-order valence-electron chi connectivity index (χ2n) is 5.50. The van der Waals surface area contributed by atoms with Crippen molar-refractivity contribution in [2.45, 2.75) is 18.5 Å². The minimum Gasteiger partial charge on any atom is -0.335 e. The molecule has 3 heterocycles. The number of urea groups is 2. The molecule has 1 atom stereocenters. The average Bonchev–Trinajstić information content (AvgIpc) is 2.98. The van der Waals surface area contributed by atoms with Gasteiger partial charge in [0.25, 0.3) is 0 Å². The van der Waals surface area contributed by atoms with E-state index >= 15 is 0 Å². The predicted octanol–water partition coefficient (Wildman–Crippen LogP) is -0.110. The number of carbonyl (C=O) groups excluding carboxylic acids is 2. The van der Waals surface area contributed by atoms with E-state index in [-0.39, 0.29) is 23.6 Å². The number of hydrogen-bond donors (Lipinski definition) is 3. The number of likely N-dealkylation sites (N-methyl/N-ethyl adjacent to an activating group) is 1. The highest BCUT2D eigenvalue weighted by atomic mass is 16.2. The van der Waals surface area contributed by atoms with Crippen LogP contribution in [0.3, 0.4) is 0 Å². The van der Waals surface area contributed by atoms with Crippen molar-refractivity contribution in [3.8, 4) is 0 Å². The highest BCUT2D eigenvalue weighted by Gasteiger charge is 2.53. The van der Waals surface area contributed by atoms with Crippen LogP contribution < -0.4 is 10.6 Å². The number of carbonyl (C=O) groups is 2. The number of amides is 4. The van der Waals surface area contributed by atoms with E-state index in [1.54, 1.807) is 29.2 Å². The summed E-state index contributed by atoms with van der Waals surface area (Å²) in [6.07, 6.45) is 3.45. The van der Waals surface area contributed by atoms with Gasteiger partial charge in [-0.25, -0.2) is 9.59 Å². The summed E-state index contributed by atoms with van der Waals surface area (Å²) in [6, 6.07) is -0.284. The second kappa shape index (κ2) is 4.39. The molecule has 1 unspecified atom stereocenters. The summed E-state index contributed by atoms with van der Waals surface area (Å²) in [5.74, 6) is 0. The zero-order valence-electron chi connectivity index (χ0n) is 11.5. The minimum atomic E-state index is -0.229.